The second kappa shape index (κ2) is 9.91. The molecular weight excluding hydrogens is 372 g/mol. The van der Waals surface area contributed by atoms with Crippen LogP contribution in [0.3, 0.4) is 0 Å². The Balaban J connectivity index is 1.75. The molecule has 0 amide bonds. The molecule has 2 aromatic carbocycles. The summed E-state index contributed by atoms with van der Waals surface area (Å²) < 4.78 is 0. The number of aryl methyl sites for hydroxylation is 2. The maximum absolute atomic E-state index is 10.1. The van der Waals surface area contributed by atoms with E-state index in [4.69, 9.17) is 0 Å². The summed E-state index contributed by atoms with van der Waals surface area (Å²) >= 11 is 0. The lowest BCUT2D eigenvalue weighted by atomic mass is 9.74. The molecule has 1 atom stereocenters. The smallest absolute Gasteiger partial charge is 0.178 e. The average Bonchev–Trinajstić information content (AvgIpc) is 3.21. The lowest BCUT2D eigenvalue weighted by molar-refractivity contribution is -0.0424. The van der Waals surface area contributed by atoms with Crippen molar-refractivity contribution in [1.29, 1.82) is 0 Å². The van der Waals surface area contributed by atoms with Crippen LogP contribution in [-0.4, -0.2) is 21.4 Å². The maximum atomic E-state index is 10.1. The Bertz CT molecular complexity index is 843. The minimum Gasteiger partial charge on any atom is -0.389 e. The number of benzene rings is 2. The van der Waals surface area contributed by atoms with Crippen molar-refractivity contribution in [2.45, 2.75) is 77.1 Å². The van der Waals surface area contributed by atoms with Crippen molar-refractivity contribution in [1.82, 2.24) is 0 Å². The standard InChI is InChI=1S/C27H36O3/c1-19(2)25(28)13-11-22-10-12-24(18-20(22)3)27(15-4-5-16-27)17-14-21-6-8-23(9-7-21)26(29)30/h6-13,18-19,25-26,28-30H,4-5,14-17H2,1-3H3. The van der Waals surface area contributed by atoms with Crippen molar-refractivity contribution in [3.63, 3.8) is 0 Å². The van der Waals surface area contributed by atoms with Gasteiger partial charge in [-0.3, -0.25) is 0 Å². The molecule has 1 aliphatic carbocycles. The highest BCUT2D eigenvalue weighted by Crippen LogP contribution is 2.45. The van der Waals surface area contributed by atoms with E-state index in [1.807, 2.05) is 38.1 Å². The normalized spacial score (nSPS) is 17.3. The summed E-state index contributed by atoms with van der Waals surface area (Å²) in [6.07, 6.45) is 9.21. The number of hydrogen-bond acceptors (Lipinski definition) is 3. The highest BCUT2D eigenvalue weighted by molar-refractivity contribution is 5.55. The third-order valence-electron chi connectivity index (χ3n) is 6.77. The largest absolute Gasteiger partial charge is 0.389 e. The molecule has 0 bridgehead atoms. The van der Waals surface area contributed by atoms with E-state index < -0.39 is 12.4 Å². The van der Waals surface area contributed by atoms with Gasteiger partial charge in [0.2, 0.25) is 0 Å². The zero-order valence-corrected chi connectivity index (χ0v) is 18.5. The molecule has 0 heterocycles. The third-order valence-corrected chi connectivity index (χ3v) is 6.77. The van der Waals surface area contributed by atoms with Crippen LogP contribution in [0.4, 0.5) is 0 Å². The van der Waals surface area contributed by atoms with Crippen LogP contribution in [0.1, 0.15) is 80.1 Å². The van der Waals surface area contributed by atoms with Crippen molar-refractivity contribution < 1.29 is 15.3 Å². The topological polar surface area (TPSA) is 60.7 Å². The van der Waals surface area contributed by atoms with E-state index >= 15 is 0 Å². The fraction of sp³-hybridized carbons (Fsp3) is 0.481. The summed E-state index contributed by atoms with van der Waals surface area (Å²) in [5, 5.41) is 28.6. The van der Waals surface area contributed by atoms with E-state index in [1.54, 1.807) is 12.1 Å². The molecule has 1 aliphatic rings. The molecule has 0 spiro atoms. The lowest BCUT2D eigenvalue weighted by Crippen LogP contribution is -2.23. The van der Waals surface area contributed by atoms with Crippen LogP contribution in [0.15, 0.2) is 48.5 Å². The Labute approximate surface area is 181 Å². The molecule has 3 nitrogen and oxygen atoms in total. The van der Waals surface area contributed by atoms with Gasteiger partial charge in [0.25, 0.3) is 0 Å². The van der Waals surface area contributed by atoms with Gasteiger partial charge in [-0.15, -0.1) is 0 Å². The van der Waals surface area contributed by atoms with E-state index in [-0.39, 0.29) is 11.3 Å². The first kappa shape index (κ1) is 22.7. The Morgan fingerprint density at radius 3 is 2.20 bits per heavy atom. The van der Waals surface area contributed by atoms with Gasteiger partial charge in [-0.25, -0.2) is 0 Å². The predicted molar refractivity (Wildman–Crippen MR) is 123 cm³/mol. The van der Waals surface area contributed by atoms with Crippen LogP contribution < -0.4 is 0 Å². The molecular formula is C27H36O3. The summed E-state index contributed by atoms with van der Waals surface area (Å²) in [4.78, 5) is 0. The third kappa shape index (κ3) is 5.40. The van der Waals surface area contributed by atoms with Gasteiger partial charge in [0.05, 0.1) is 6.10 Å². The van der Waals surface area contributed by atoms with Crippen LogP contribution in [0.2, 0.25) is 0 Å². The summed E-state index contributed by atoms with van der Waals surface area (Å²) in [5.74, 6) is 0.220. The van der Waals surface area contributed by atoms with Gasteiger partial charge in [-0.05, 0) is 66.2 Å². The number of hydrogen-bond donors (Lipinski definition) is 3. The first-order chi connectivity index (χ1) is 14.3. The molecule has 0 saturated heterocycles. The van der Waals surface area contributed by atoms with Gasteiger partial charge in [0, 0.05) is 5.56 Å². The Morgan fingerprint density at radius 2 is 1.63 bits per heavy atom. The van der Waals surface area contributed by atoms with Crippen LogP contribution in [0.25, 0.3) is 6.08 Å². The van der Waals surface area contributed by atoms with Crippen LogP contribution in [-0.2, 0) is 11.8 Å². The number of rotatable bonds is 8. The minimum atomic E-state index is -1.41. The highest BCUT2D eigenvalue weighted by atomic mass is 16.5. The molecule has 30 heavy (non-hydrogen) atoms. The molecule has 3 heteroatoms. The summed E-state index contributed by atoms with van der Waals surface area (Å²) in [6, 6.07) is 14.5. The molecule has 0 aliphatic heterocycles. The van der Waals surface area contributed by atoms with Crippen molar-refractivity contribution in [3.05, 3.63) is 76.4 Å². The quantitative estimate of drug-likeness (QED) is 0.509. The SMILES string of the molecule is Cc1cc(C2(CCc3ccc(C(O)O)cc3)CCCC2)ccc1C=CC(O)C(C)C. The fourth-order valence-corrected chi connectivity index (χ4v) is 4.59. The van der Waals surface area contributed by atoms with Gasteiger partial charge in [0.1, 0.15) is 0 Å². The minimum absolute atomic E-state index is 0.220. The average molecular weight is 409 g/mol. The molecule has 162 valence electrons. The molecule has 1 unspecified atom stereocenters. The van der Waals surface area contributed by atoms with E-state index in [2.05, 4.69) is 25.1 Å². The Kier molecular flexibility index (Phi) is 7.51. The van der Waals surface area contributed by atoms with Crippen molar-refractivity contribution in [2.24, 2.45) is 5.92 Å². The number of aliphatic hydroxyl groups is 3. The van der Waals surface area contributed by atoms with E-state index in [0.29, 0.717) is 5.56 Å². The fourth-order valence-electron chi connectivity index (χ4n) is 4.59. The number of aliphatic hydroxyl groups excluding tert-OH is 2. The molecule has 3 N–H and O–H groups in total. The van der Waals surface area contributed by atoms with Crippen LogP contribution in [0, 0.1) is 12.8 Å². The zero-order chi connectivity index (χ0) is 21.7. The van der Waals surface area contributed by atoms with Gasteiger partial charge in [-0.2, -0.15) is 0 Å². The Hall–Kier alpha value is -1.94. The summed E-state index contributed by atoms with van der Waals surface area (Å²) in [7, 11) is 0. The summed E-state index contributed by atoms with van der Waals surface area (Å²) in [5.41, 5.74) is 5.86. The van der Waals surface area contributed by atoms with Crippen molar-refractivity contribution in [2.75, 3.05) is 0 Å². The first-order valence-corrected chi connectivity index (χ1v) is 11.2. The van der Waals surface area contributed by atoms with Gasteiger partial charge < -0.3 is 15.3 Å². The van der Waals surface area contributed by atoms with Gasteiger partial charge >= 0.3 is 0 Å². The lowest BCUT2D eigenvalue weighted by Gasteiger charge is -2.30. The summed E-state index contributed by atoms with van der Waals surface area (Å²) in [6.45, 7) is 6.20. The molecule has 1 fully saturated rings. The maximum Gasteiger partial charge on any atom is 0.178 e. The molecule has 3 rings (SSSR count). The molecule has 0 radical (unpaired) electrons. The van der Waals surface area contributed by atoms with E-state index in [1.165, 1.54) is 47.9 Å². The van der Waals surface area contributed by atoms with Crippen molar-refractivity contribution in [3.8, 4) is 0 Å². The second-order valence-electron chi connectivity index (χ2n) is 9.27. The predicted octanol–water partition coefficient (Wildman–Crippen LogP) is 5.45. The first-order valence-electron chi connectivity index (χ1n) is 11.2. The zero-order valence-electron chi connectivity index (χ0n) is 18.5. The van der Waals surface area contributed by atoms with Gasteiger partial charge in [-0.1, -0.05) is 81.3 Å². The van der Waals surface area contributed by atoms with E-state index in [0.717, 1.165) is 12.8 Å². The molecule has 2 aromatic rings. The molecule has 0 aromatic heterocycles. The highest BCUT2D eigenvalue weighted by Gasteiger charge is 2.35. The molecule has 1 saturated carbocycles. The van der Waals surface area contributed by atoms with Crippen molar-refractivity contribution >= 4 is 6.08 Å². The Morgan fingerprint density at radius 1 is 0.967 bits per heavy atom. The van der Waals surface area contributed by atoms with Gasteiger partial charge in [0.15, 0.2) is 6.29 Å². The second-order valence-corrected chi connectivity index (χ2v) is 9.27. The van der Waals surface area contributed by atoms with Crippen LogP contribution in [0.5, 0.6) is 0 Å². The monoisotopic (exact) mass is 408 g/mol. The van der Waals surface area contributed by atoms with Crippen LogP contribution >= 0.6 is 0 Å². The van der Waals surface area contributed by atoms with E-state index in [9.17, 15) is 15.3 Å².